The van der Waals surface area contributed by atoms with Crippen molar-refractivity contribution in [1.29, 1.82) is 0 Å². The van der Waals surface area contributed by atoms with Gasteiger partial charge in [0, 0.05) is 7.05 Å². The highest BCUT2D eigenvalue weighted by Gasteiger charge is 2.07. The Hall–Kier alpha value is -2.09. The summed E-state index contributed by atoms with van der Waals surface area (Å²) in [7, 11) is 1.82. The first-order valence-corrected chi connectivity index (χ1v) is 3.63. The summed E-state index contributed by atoms with van der Waals surface area (Å²) in [6, 6.07) is 0. The molecule has 0 atom stereocenters. The van der Waals surface area contributed by atoms with Gasteiger partial charge in [-0.25, -0.2) is 15.0 Å². The third kappa shape index (κ3) is 0.999. The predicted molar refractivity (Wildman–Crippen MR) is 48.7 cm³/mol. The van der Waals surface area contributed by atoms with Gasteiger partial charge < -0.3 is 10.3 Å². The molecular formula is C8H7N5. The second-order valence-electron chi connectivity index (χ2n) is 2.60. The van der Waals surface area contributed by atoms with Crippen molar-refractivity contribution < 1.29 is 0 Å². The average Bonchev–Trinajstić information content (AvgIpc) is 2.48. The number of nitrogens with zero attached hydrogens (tertiary/aromatic N) is 4. The summed E-state index contributed by atoms with van der Waals surface area (Å²) in [6.45, 7) is 0. The Kier molecular flexibility index (Phi) is 1.43. The van der Waals surface area contributed by atoms with Gasteiger partial charge >= 0.3 is 0 Å². The van der Waals surface area contributed by atoms with Crippen LogP contribution in [0.1, 0.15) is 5.82 Å². The van der Waals surface area contributed by atoms with Crippen LogP contribution >= 0.6 is 0 Å². The van der Waals surface area contributed by atoms with Crippen LogP contribution in [0.5, 0.6) is 0 Å². The summed E-state index contributed by atoms with van der Waals surface area (Å²) in [5.41, 5.74) is 6.86. The Bertz CT molecular complexity index is 505. The van der Waals surface area contributed by atoms with E-state index in [1.165, 1.54) is 0 Å². The fourth-order valence-corrected chi connectivity index (χ4v) is 1.09. The van der Waals surface area contributed by atoms with Crippen LogP contribution in [0.4, 0.5) is 5.82 Å². The van der Waals surface area contributed by atoms with Crippen molar-refractivity contribution in [2.45, 2.75) is 0 Å². The lowest BCUT2D eigenvalue weighted by atomic mass is 10.4. The molecular weight excluding hydrogens is 166 g/mol. The smallest absolute Gasteiger partial charge is 0.208 e. The van der Waals surface area contributed by atoms with Gasteiger partial charge in [0.15, 0.2) is 11.5 Å². The van der Waals surface area contributed by atoms with Gasteiger partial charge in [-0.3, -0.25) is 0 Å². The molecule has 0 unspecified atom stereocenters. The second-order valence-corrected chi connectivity index (χ2v) is 2.60. The van der Waals surface area contributed by atoms with Crippen molar-refractivity contribution in [3.8, 4) is 12.3 Å². The quantitative estimate of drug-likeness (QED) is 0.566. The molecule has 0 saturated carbocycles. The molecule has 5 nitrogen and oxygen atoms in total. The van der Waals surface area contributed by atoms with Gasteiger partial charge in [0.1, 0.15) is 5.52 Å². The molecule has 0 amide bonds. The van der Waals surface area contributed by atoms with Gasteiger partial charge in [-0.2, -0.15) is 0 Å². The standard InChI is InChI=1S/C8H7N5/c1-3-5-11-7(9)6-8(12-5)13(2)4-10-6/h1,4H,2H3,(H2,9,11,12). The highest BCUT2D eigenvalue weighted by atomic mass is 15.1. The summed E-state index contributed by atoms with van der Waals surface area (Å²) in [6.07, 6.45) is 6.79. The van der Waals surface area contributed by atoms with Crippen LogP contribution in [-0.4, -0.2) is 19.5 Å². The van der Waals surface area contributed by atoms with Crippen molar-refractivity contribution in [3.63, 3.8) is 0 Å². The third-order valence-electron chi connectivity index (χ3n) is 1.72. The van der Waals surface area contributed by atoms with Crippen LogP contribution in [0.25, 0.3) is 11.2 Å². The Labute approximate surface area is 74.6 Å². The maximum Gasteiger partial charge on any atom is 0.208 e. The predicted octanol–water partition coefficient (Wildman–Crippen LogP) is -0.0732. The largest absolute Gasteiger partial charge is 0.382 e. The molecule has 0 fully saturated rings. The van der Waals surface area contributed by atoms with Crippen LogP contribution in [0.15, 0.2) is 6.33 Å². The van der Waals surface area contributed by atoms with Crippen LogP contribution in [0.3, 0.4) is 0 Å². The average molecular weight is 173 g/mol. The summed E-state index contributed by atoms with van der Waals surface area (Å²) in [5, 5.41) is 0. The number of aryl methyl sites for hydroxylation is 1. The topological polar surface area (TPSA) is 69.6 Å². The first kappa shape index (κ1) is 7.55. The van der Waals surface area contributed by atoms with Crippen molar-refractivity contribution in [2.75, 3.05) is 5.73 Å². The Balaban J connectivity index is 2.90. The van der Waals surface area contributed by atoms with Gasteiger partial charge in [-0.05, 0) is 5.92 Å². The molecule has 13 heavy (non-hydrogen) atoms. The van der Waals surface area contributed by atoms with E-state index in [9.17, 15) is 0 Å². The number of fused-ring (bicyclic) bond motifs is 1. The van der Waals surface area contributed by atoms with E-state index in [2.05, 4.69) is 20.9 Å². The number of hydrogen-bond acceptors (Lipinski definition) is 4. The molecule has 64 valence electrons. The molecule has 5 heteroatoms. The molecule has 2 N–H and O–H groups in total. The molecule has 0 aromatic carbocycles. The van der Waals surface area contributed by atoms with E-state index in [1.54, 1.807) is 10.9 Å². The molecule has 2 rings (SSSR count). The van der Waals surface area contributed by atoms with Gasteiger partial charge in [0.05, 0.1) is 6.33 Å². The van der Waals surface area contributed by atoms with E-state index in [1.807, 2.05) is 7.05 Å². The zero-order chi connectivity index (χ0) is 9.42. The van der Waals surface area contributed by atoms with Crippen LogP contribution in [0.2, 0.25) is 0 Å². The fraction of sp³-hybridized carbons (Fsp3) is 0.125. The Morgan fingerprint density at radius 1 is 1.54 bits per heavy atom. The molecule has 0 aliphatic carbocycles. The zero-order valence-electron chi connectivity index (χ0n) is 7.02. The van der Waals surface area contributed by atoms with Crippen molar-refractivity contribution in [2.24, 2.45) is 7.05 Å². The number of nitrogens with two attached hydrogens (primary N) is 1. The summed E-state index contributed by atoms with van der Waals surface area (Å²) < 4.78 is 1.74. The minimum absolute atomic E-state index is 0.286. The van der Waals surface area contributed by atoms with Gasteiger partial charge in [-0.1, -0.05) is 0 Å². The Morgan fingerprint density at radius 3 is 3.00 bits per heavy atom. The molecule has 0 saturated heterocycles. The monoisotopic (exact) mass is 173 g/mol. The number of terminal acetylenes is 1. The number of hydrogen-bond donors (Lipinski definition) is 1. The number of aromatic nitrogens is 4. The molecule has 0 spiro atoms. The Morgan fingerprint density at radius 2 is 2.31 bits per heavy atom. The maximum absolute atomic E-state index is 5.62. The SMILES string of the molecule is C#Cc1nc(N)c2ncn(C)c2n1. The summed E-state index contributed by atoms with van der Waals surface area (Å²) in [4.78, 5) is 12.0. The van der Waals surface area contributed by atoms with E-state index < -0.39 is 0 Å². The first-order valence-electron chi connectivity index (χ1n) is 3.63. The van der Waals surface area contributed by atoms with Crippen LogP contribution in [0, 0.1) is 12.3 Å². The zero-order valence-corrected chi connectivity index (χ0v) is 7.02. The fourth-order valence-electron chi connectivity index (χ4n) is 1.09. The number of anilines is 1. The minimum atomic E-state index is 0.286. The normalized spacial score (nSPS) is 10.2. The third-order valence-corrected chi connectivity index (χ3v) is 1.72. The van der Waals surface area contributed by atoms with E-state index in [0.29, 0.717) is 17.0 Å². The molecule has 2 aromatic heterocycles. The summed E-state index contributed by atoms with van der Waals surface area (Å²) in [5.74, 6) is 2.94. The molecule has 2 heterocycles. The molecule has 0 bridgehead atoms. The number of nitrogen functional groups attached to an aromatic ring is 1. The minimum Gasteiger partial charge on any atom is -0.382 e. The lowest BCUT2D eigenvalue weighted by molar-refractivity contribution is 0.926. The van der Waals surface area contributed by atoms with E-state index in [4.69, 9.17) is 12.2 Å². The number of rotatable bonds is 0. The van der Waals surface area contributed by atoms with Crippen molar-refractivity contribution in [3.05, 3.63) is 12.2 Å². The summed E-state index contributed by atoms with van der Waals surface area (Å²) >= 11 is 0. The van der Waals surface area contributed by atoms with Crippen molar-refractivity contribution >= 4 is 17.0 Å². The van der Waals surface area contributed by atoms with Gasteiger partial charge in [-0.15, -0.1) is 6.42 Å². The maximum atomic E-state index is 5.62. The van der Waals surface area contributed by atoms with E-state index >= 15 is 0 Å². The van der Waals surface area contributed by atoms with Crippen LogP contribution in [-0.2, 0) is 7.05 Å². The van der Waals surface area contributed by atoms with E-state index in [0.717, 1.165) is 0 Å². The molecule has 2 aromatic rings. The van der Waals surface area contributed by atoms with Crippen molar-refractivity contribution in [1.82, 2.24) is 19.5 Å². The second kappa shape index (κ2) is 2.45. The van der Waals surface area contributed by atoms with Gasteiger partial charge in [0.25, 0.3) is 0 Å². The number of imidazole rings is 1. The highest BCUT2D eigenvalue weighted by Crippen LogP contribution is 2.14. The lowest BCUT2D eigenvalue weighted by Crippen LogP contribution is -1.99. The van der Waals surface area contributed by atoms with E-state index in [-0.39, 0.29) is 5.82 Å². The first-order chi connectivity index (χ1) is 6.22. The highest BCUT2D eigenvalue weighted by molar-refractivity contribution is 5.81. The van der Waals surface area contributed by atoms with Crippen LogP contribution < -0.4 is 5.73 Å². The molecule has 0 aliphatic rings. The lowest BCUT2D eigenvalue weighted by Gasteiger charge is -1.96. The molecule has 0 radical (unpaired) electrons. The van der Waals surface area contributed by atoms with Gasteiger partial charge in [0.2, 0.25) is 5.82 Å². The molecule has 0 aliphatic heterocycles.